The van der Waals surface area contributed by atoms with Crippen LogP contribution in [0, 0.1) is 5.92 Å². The maximum atomic E-state index is 12.4. The molecule has 5 nitrogen and oxygen atoms in total. The van der Waals surface area contributed by atoms with Gasteiger partial charge in [0, 0.05) is 50.5 Å². The van der Waals surface area contributed by atoms with E-state index >= 15 is 0 Å². The molecule has 0 radical (unpaired) electrons. The first-order valence-electron chi connectivity index (χ1n) is 13.7. The molecule has 2 unspecified atom stereocenters. The Morgan fingerprint density at radius 2 is 1.94 bits per heavy atom. The second-order valence-electron chi connectivity index (χ2n) is 10.3. The fourth-order valence-corrected chi connectivity index (χ4v) is 6.96. The molecule has 2 atom stereocenters. The molecule has 2 saturated carbocycles. The lowest BCUT2D eigenvalue weighted by molar-refractivity contribution is -0.131. The van der Waals surface area contributed by atoms with Crippen molar-refractivity contribution in [1.29, 1.82) is 0 Å². The third-order valence-electron chi connectivity index (χ3n) is 7.97. The molecule has 0 aliphatic heterocycles. The summed E-state index contributed by atoms with van der Waals surface area (Å²) < 4.78 is 6.18. The van der Waals surface area contributed by atoms with Gasteiger partial charge >= 0.3 is 0 Å². The summed E-state index contributed by atoms with van der Waals surface area (Å²) in [5, 5.41) is 0. The molecular formula is C29H47N3O2S. The van der Waals surface area contributed by atoms with E-state index in [1.54, 1.807) is 12.5 Å². The molecule has 0 bridgehead atoms. The second-order valence-corrected chi connectivity index (χ2v) is 11.4. The maximum absolute atomic E-state index is 12.4. The van der Waals surface area contributed by atoms with Crippen molar-refractivity contribution in [1.82, 2.24) is 14.8 Å². The van der Waals surface area contributed by atoms with E-state index in [1.165, 1.54) is 56.1 Å². The molecule has 1 aromatic heterocycles. The largest absolute Gasteiger partial charge is 0.364 e. The average Bonchev–Trinajstić information content (AvgIpc) is 3.71. The number of hydrogen-bond donors (Lipinski definition) is 0. The Hall–Kier alpha value is -1.37. The fourth-order valence-electron chi connectivity index (χ4n) is 5.90. The predicted octanol–water partition coefficient (Wildman–Crippen LogP) is 6.25. The molecule has 0 saturated heterocycles. The van der Waals surface area contributed by atoms with Crippen molar-refractivity contribution in [2.75, 3.05) is 38.2 Å². The van der Waals surface area contributed by atoms with Gasteiger partial charge in [-0.05, 0) is 75.2 Å². The van der Waals surface area contributed by atoms with Crippen molar-refractivity contribution in [2.45, 2.75) is 90.8 Å². The number of pyridine rings is 1. The summed E-state index contributed by atoms with van der Waals surface area (Å²) in [4.78, 5) is 21.4. The van der Waals surface area contributed by atoms with E-state index in [4.69, 9.17) is 4.74 Å². The lowest BCUT2D eigenvalue weighted by Crippen LogP contribution is -2.49. The topological polar surface area (TPSA) is 45.7 Å². The number of methoxy groups -OCH3 is 1. The zero-order valence-electron chi connectivity index (χ0n) is 22.7. The third kappa shape index (κ3) is 7.80. The van der Waals surface area contributed by atoms with Crippen molar-refractivity contribution < 1.29 is 9.53 Å². The molecule has 196 valence electrons. The van der Waals surface area contributed by atoms with Gasteiger partial charge in [0.05, 0.1) is 0 Å². The van der Waals surface area contributed by atoms with Gasteiger partial charge < -0.3 is 9.64 Å². The number of amides is 1. The average molecular weight is 502 g/mol. The Bertz CT molecular complexity index is 814. The number of ether oxygens (including phenoxy) is 1. The zero-order chi connectivity index (χ0) is 25.3. The number of allylic oxidation sites excluding steroid dienone is 2. The van der Waals surface area contributed by atoms with E-state index < -0.39 is 0 Å². The van der Waals surface area contributed by atoms with Gasteiger partial charge in [-0.1, -0.05) is 44.7 Å². The van der Waals surface area contributed by atoms with Gasteiger partial charge in [-0.2, -0.15) is 11.8 Å². The highest BCUT2D eigenvalue weighted by molar-refractivity contribution is 7.99. The van der Waals surface area contributed by atoms with Gasteiger partial charge in [-0.25, -0.2) is 0 Å². The van der Waals surface area contributed by atoms with Crippen LogP contribution in [-0.4, -0.2) is 70.7 Å². The predicted molar refractivity (Wildman–Crippen MR) is 148 cm³/mol. The Kier molecular flexibility index (Phi) is 11.1. The minimum atomic E-state index is -0.314. The normalized spacial score (nSPS) is 18.9. The number of rotatable bonds is 14. The molecule has 2 aliphatic carbocycles. The summed E-state index contributed by atoms with van der Waals surface area (Å²) in [6.07, 6.45) is 13.4. The smallest absolute Gasteiger partial charge is 0.219 e. The van der Waals surface area contributed by atoms with Crippen LogP contribution >= 0.6 is 11.8 Å². The Labute approximate surface area is 218 Å². The summed E-state index contributed by atoms with van der Waals surface area (Å²) in [6.45, 7) is 11.2. The quantitative estimate of drug-likeness (QED) is 0.223. The van der Waals surface area contributed by atoms with Crippen LogP contribution in [0.4, 0.5) is 0 Å². The lowest BCUT2D eigenvalue weighted by Gasteiger charge is -2.42. The first-order valence-corrected chi connectivity index (χ1v) is 14.9. The highest BCUT2D eigenvalue weighted by Crippen LogP contribution is 2.44. The molecule has 0 N–H and O–H groups in total. The molecule has 0 aromatic carbocycles. The van der Waals surface area contributed by atoms with Gasteiger partial charge in [-0.3, -0.25) is 14.7 Å². The molecule has 2 aliphatic rings. The van der Waals surface area contributed by atoms with Crippen LogP contribution in [0.2, 0.25) is 0 Å². The molecule has 0 spiro atoms. The first-order chi connectivity index (χ1) is 16.9. The van der Waals surface area contributed by atoms with Crippen LogP contribution in [-0.2, 0) is 9.53 Å². The molecular weight excluding hydrogens is 454 g/mol. The van der Waals surface area contributed by atoms with Gasteiger partial charge in [0.25, 0.3) is 0 Å². The Morgan fingerprint density at radius 3 is 2.49 bits per heavy atom. The van der Waals surface area contributed by atoms with Crippen LogP contribution in [0.15, 0.2) is 30.1 Å². The highest BCUT2D eigenvalue weighted by atomic mass is 32.2. The van der Waals surface area contributed by atoms with Crippen molar-refractivity contribution in [2.24, 2.45) is 5.92 Å². The van der Waals surface area contributed by atoms with Gasteiger partial charge in [0.15, 0.2) is 0 Å². The number of carbonyl (C=O) groups excluding carboxylic acids is 1. The number of thioether (sulfide) groups is 1. The molecule has 1 heterocycles. The van der Waals surface area contributed by atoms with Crippen molar-refractivity contribution in [3.8, 4) is 0 Å². The van der Waals surface area contributed by atoms with E-state index in [0.29, 0.717) is 12.0 Å². The van der Waals surface area contributed by atoms with Gasteiger partial charge in [-0.15, -0.1) is 0 Å². The second kappa shape index (κ2) is 13.8. The highest BCUT2D eigenvalue weighted by Gasteiger charge is 2.36. The number of aromatic nitrogens is 1. The van der Waals surface area contributed by atoms with Crippen molar-refractivity contribution in [3.63, 3.8) is 0 Å². The molecule has 1 aromatic rings. The van der Waals surface area contributed by atoms with E-state index in [-0.39, 0.29) is 11.6 Å². The van der Waals surface area contributed by atoms with Crippen LogP contribution in [0.5, 0.6) is 0 Å². The van der Waals surface area contributed by atoms with Crippen LogP contribution in [0.1, 0.15) is 84.6 Å². The Morgan fingerprint density at radius 1 is 1.23 bits per heavy atom. The summed E-state index contributed by atoms with van der Waals surface area (Å²) >= 11 is 1.99. The van der Waals surface area contributed by atoms with Crippen molar-refractivity contribution in [3.05, 3.63) is 35.7 Å². The lowest BCUT2D eigenvalue weighted by atomic mass is 9.86. The van der Waals surface area contributed by atoms with Crippen LogP contribution in [0.25, 0.3) is 5.57 Å². The number of hydrogen-bond acceptors (Lipinski definition) is 5. The summed E-state index contributed by atoms with van der Waals surface area (Å²) in [7, 11) is 1.85. The van der Waals surface area contributed by atoms with E-state index in [9.17, 15) is 4.79 Å². The monoisotopic (exact) mass is 501 g/mol. The molecule has 3 rings (SSSR count). The summed E-state index contributed by atoms with van der Waals surface area (Å²) in [5.41, 5.74) is 4.01. The zero-order valence-corrected chi connectivity index (χ0v) is 23.5. The molecule has 35 heavy (non-hydrogen) atoms. The maximum Gasteiger partial charge on any atom is 0.219 e. The van der Waals surface area contributed by atoms with E-state index in [1.807, 2.05) is 31.3 Å². The number of carbonyl (C=O) groups is 1. The summed E-state index contributed by atoms with van der Waals surface area (Å²) in [6, 6.07) is 4.71. The SMILES string of the molecule is CCN(CC)C(C)(CC(CSCCN(C(C)=O)C1CCCCC1)C(=C1CC1)c1cccnc1)OC. The molecule has 1 amide bonds. The minimum absolute atomic E-state index is 0.235. The van der Waals surface area contributed by atoms with Gasteiger partial charge in [0.1, 0.15) is 5.72 Å². The fraction of sp³-hybridized carbons (Fsp3) is 0.724. The van der Waals surface area contributed by atoms with Crippen LogP contribution in [0.3, 0.4) is 0 Å². The first kappa shape index (κ1) is 28.2. The summed E-state index contributed by atoms with van der Waals surface area (Å²) in [5.74, 6) is 2.63. The standard InChI is InChI=1S/C29H47N3O2S/c1-6-31(7-2)29(4,34-5)20-26(28(24-15-16-24)25-12-11-17-30-21-25)22-35-19-18-32(23(3)33)27-13-9-8-10-14-27/h11-12,17,21,26-27H,6-10,13-16,18-20,22H2,1-5H3. The van der Waals surface area contributed by atoms with E-state index in [0.717, 1.165) is 37.6 Å². The third-order valence-corrected chi connectivity index (χ3v) is 9.08. The minimum Gasteiger partial charge on any atom is -0.364 e. The van der Waals surface area contributed by atoms with Gasteiger partial charge in [0.2, 0.25) is 5.91 Å². The molecule has 6 heteroatoms. The van der Waals surface area contributed by atoms with Crippen LogP contribution < -0.4 is 0 Å². The van der Waals surface area contributed by atoms with Crippen molar-refractivity contribution >= 4 is 23.2 Å². The number of nitrogens with zero attached hydrogens (tertiary/aromatic N) is 3. The molecule has 2 fully saturated rings. The Balaban J connectivity index is 1.74. The van der Waals surface area contributed by atoms with E-state index in [2.05, 4.69) is 47.7 Å².